The van der Waals surface area contributed by atoms with Crippen LogP contribution in [0.5, 0.6) is 0 Å². The van der Waals surface area contributed by atoms with E-state index in [0.29, 0.717) is 0 Å². The standard InChI is InChI=1S/C14H26N2O3/c1-3-5-11(10-12(17)18)16-13(19)14(4-2)6-8-15-9-7-14/h11,15H,3-10H2,1-2H3,(H,16,19)(H,17,18). The van der Waals surface area contributed by atoms with E-state index < -0.39 is 5.97 Å². The first kappa shape index (κ1) is 16.0. The molecule has 5 heteroatoms. The Balaban J connectivity index is 2.65. The first-order valence-corrected chi connectivity index (χ1v) is 7.27. The Kier molecular flexibility index (Phi) is 6.28. The average Bonchev–Trinajstić information content (AvgIpc) is 2.39. The highest BCUT2D eigenvalue weighted by Gasteiger charge is 2.38. The maximum atomic E-state index is 12.5. The fraction of sp³-hybridized carbons (Fsp3) is 0.857. The zero-order chi connectivity index (χ0) is 14.3. The zero-order valence-electron chi connectivity index (χ0n) is 12.0. The lowest BCUT2D eigenvalue weighted by Gasteiger charge is -2.36. The summed E-state index contributed by atoms with van der Waals surface area (Å²) in [5.41, 5.74) is -0.310. The smallest absolute Gasteiger partial charge is 0.305 e. The largest absolute Gasteiger partial charge is 0.481 e. The molecule has 1 saturated heterocycles. The number of carbonyl (C=O) groups is 2. The molecule has 1 aliphatic rings. The van der Waals surface area contributed by atoms with Crippen LogP contribution in [-0.4, -0.2) is 36.1 Å². The normalized spacial score (nSPS) is 19.7. The van der Waals surface area contributed by atoms with Crippen molar-refractivity contribution in [2.45, 2.75) is 58.4 Å². The van der Waals surface area contributed by atoms with Gasteiger partial charge in [-0.2, -0.15) is 0 Å². The van der Waals surface area contributed by atoms with Gasteiger partial charge in [-0.25, -0.2) is 0 Å². The van der Waals surface area contributed by atoms with Crippen molar-refractivity contribution >= 4 is 11.9 Å². The lowest BCUT2D eigenvalue weighted by molar-refractivity contribution is -0.138. The molecule has 5 nitrogen and oxygen atoms in total. The molecule has 0 saturated carbocycles. The van der Waals surface area contributed by atoms with Gasteiger partial charge in [0.15, 0.2) is 0 Å². The SMILES string of the molecule is CCCC(CC(=O)O)NC(=O)C1(CC)CCNCC1. The molecule has 0 radical (unpaired) electrons. The number of hydrogen-bond donors (Lipinski definition) is 3. The summed E-state index contributed by atoms with van der Waals surface area (Å²) >= 11 is 0. The molecule has 0 spiro atoms. The maximum absolute atomic E-state index is 12.5. The van der Waals surface area contributed by atoms with Crippen LogP contribution in [0.15, 0.2) is 0 Å². The third-order valence-electron chi connectivity index (χ3n) is 4.11. The van der Waals surface area contributed by atoms with Crippen molar-refractivity contribution in [3.63, 3.8) is 0 Å². The van der Waals surface area contributed by atoms with Crippen LogP contribution in [0.4, 0.5) is 0 Å². The lowest BCUT2D eigenvalue weighted by Crippen LogP contribution is -2.50. The molecule has 3 N–H and O–H groups in total. The Hall–Kier alpha value is -1.10. The molecule has 19 heavy (non-hydrogen) atoms. The van der Waals surface area contributed by atoms with Crippen LogP contribution >= 0.6 is 0 Å². The van der Waals surface area contributed by atoms with Crippen molar-refractivity contribution in [3.05, 3.63) is 0 Å². The third kappa shape index (κ3) is 4.49. The van der Waals surface area contributed by atoms with Crippen molar-refractivity contribution in [1.29, 1.82) is 0 Å². The summed E-state index contributed by atoms with van der Waals surface area (Å²) in [4.78, 5) is 23.3. The minimum atomic E-state index is -0.852. The van der Waals surface area contributed by atoms with Gasteiger partial charge in [0.2, 0.25) is 5.91 Å². The fourth-order valence-electron chi connectivity index (χ4n) is 2.77. The number of hydrogen-bond acceptors (Lipinski definition) is 3. The molecule has 1 fully saturated rings. The van der Waals surface area contributed by atoms with Gasteiger partial charge in [0.1, 0.15) is 0 Å². The van der Waals surface area contributed by atoms with Crippen molar-refractivity contribution in [2.24, 2.45) is 5.41 Å². The molecule has 1 unspecified atom stereocenters. The number of carboxylic acids is 1. The predicted molar refractivity (Wildman–Crippen MR) is 73.9 cm³/mol. The molecule has 0 aromatic carbocycles. The molecule has 0 aromatic heterocycles. The van der Waals surface area contributed by atoms with Crippen LogP contribution in [0.25, 0.3) is 0 Å². The van der Waals surface area contributed by atoms with Gasteiger partial charge in [-0.15, -0.1) is 0 Å². The molecule has 1 aliphatic heterocycles. The second kappa shape index (κ2) is 7.48. The van der Waals surface area contributed by atoms with Gasteiger partial charge in [-0.1, -0.05) is 20.3 Å². The van der Waals surface area contributed by atoms with Gasteiger partial charge in [0.05, 0.1) is 11.8 Å². The van der Waals surface area contributed by atoms with Gasteiger partial charge in [0, 0.05) is 6.04 Å². The van der Waals surface area contributed by atoms with Crippen molar-refractivity contribution in [2.75, 3.05) is 13.1 Å². The maximum Gasteiger partial charge on any atom is 0.305 e. The minimum Gasteiger partial charge on any atom is -0.481 e. The van der Waals surface area contributed by atoms with E-state index in [4.69, 9.17) is 5.11 Å². The van der Waals surface area contributed by atoms with Gasteiger partial charge < -0.3 is 15.7 Å². The summed E-state index contributed by atoms with van der Waals surface area (Å²) < 4.78 is 0. The van der Waals surface area contributed by atoms with Gasteiger partial charge in [-0.05, 0) is 38.8 Å². The first-order chi connectivity index (χ1) is 9.04. The monoisotopic (exact) mass is 270 g/mol. The third-order valence-corrected chi connectivity index (χ3v) is 4.11. The molecule has 1 amide bonds. The zero-order valence-corrected chi connectivity index (χ0v) is 12.0. The van der Waals surface area contributed by atoms with E-state index in [-0.39, 0.29) is 23.8 Å². The van der Waals surface area contributed by atoms with E-state index in [2.05, 4.69) is 10.6 Å². The van der Waals surface area contributed by atoms with Crippen molar-refractivity contribution in [3.8, 4) is 0 Å². The number of carboxylic acid groups (broad SMARTS) is 1. The summed E-state index contributed by atoms with van der Waals surface area (Å²) in [6, 6.07) is -0.242. The molecule has 1 heterocycles. The summed E-state index contributed by atoms with van der Waals surface area (Å²) in [6.45, 7) is 5.76. The Bertz CT molecular complexity index is 312. The summed E-state index contributed by atoms with van der Waals surface area (Å²) in [6.07, 6.45) is 4.08. The van der Waals surface area contributed by atoms with Crippen LogP contribution in [0, 0.1) is 5.41 Å². The summed E-state index contributed by atoms with van der Waals surface area (Å²) in [5.74, 6) is -0.814. The fourth-order valence-corrected chi connectivity index (χ4v) is 2.77. The van der Waals surface area contributed by atoms with Crippen LogP contribution in [-0.2, 0) is 9.59 Å². The minimum absolute atomic E-state index is 0.0115. The van der Waals surface area contributed by atoms with E-state index in [0.717, 1.165) is 45.2 Å². The number of nitrogens with one attached hydrogen (secondary N) is 2. The predicted octanol–water partition coefficient (Wildman–Crippen LogP) is 1.53. The Labute approximate surface area is 115 Å². The van der Waals surface area contributed by atoms with E-state index in [1.165, 1.54) is 0 Å². The molecule has 0 bridgehead atoms. The highest BCUT2D eigenvalue weighted by Crippen LogP contribution is 2.33. The lowest BCUT2D eigenvalue weighted by atomic mass is 9.75. The van der Waals surface area contributed by atoms with E-state index in [1.807, 2.05) is 13.8 Å². The quantitative estimate of drug-likeness (QED) is 0.655. The highest BCUT2D eigenvalue weighted by atomic mass is 16.4. The molecular formula is C14H26N2O3. The Morgan fingerprint density at radius 1 is 1.32 bits per heavy atom. The molecule has 1 rings (SSSR count). The summed E-state index contributed by atoms with van der Waals surface area (Å²) in [5, 5.41) is 15.1. The molecule has 0 aromatic rings. The second-order valence-corrected chi connectivity index (χ2v) is 5.44. The van der Waals surface area contributed by atoms with Crippen LogP contribution in [0.3, 0.4) is 0 Å². The molecule has 110 valence electrons. The number of carbonyl (C=O) groups excluding carboxylic acids is 1. The van der Waals surface area contributed by atoms with E-state index in [9.17, 15) is 9.59 Å². The van der Waals surface area contributed by atoms with Crippen molar-refractivity contribution in [1.82, 2.24) is 10.6 Å². The molecular weight excluding hydrogens is 244 g/mol. The first-order valence-electron chi connectivity index (χ1n) is 7.27. The van der Waals surface area contributed by atoms with E-state index in [1.54, 1.807) is 0 Å². The van der Waals surface area contributed by atoms with Gasteiger partial charge in [-0.3, -0.25) is 9.59 Å². The van der Waals surface area contributed by atoms with Gasteiger partial charge >= 0.3 is 5.97 Å². The summed E-state index contributed by atoms with van der Waals surface area (Å²) in [7, 11) is 0. The number of piperidine rings is 1. The number of aliphatic carboxylic acids is 1. The molecule has 1 atom stereocenters. The topological polar surface area (TPSA) is 78.4 Å². The molecule has 0 aliphatic carbocycles. The van der Waals surface area contributed by atoms with Gasteiger partial charge in [0.25, 0.3) is 0 Å². The van der Waals surface area contributed by atoms with Crippen LogP contribution in [0.2, 0.25) is 0 Å². The Morgan fingerprint density at radius 3 is 2.42 bits per heavy atom. The van der Waals surface area contributed by atoms with Crippen LogP contribution in [0.1, 0.15) is 52.4 Å². The number of amides is 1. The average molecular weight is 270 g/mol. The Morgan fingerprint density at radius 2 is 1.95 bits per heavy atom. The van der Waals surface area contributed by atoms with E-state index >= 15 is 0 Å². The van der Waals surface area contributed by atoms with Crippen LogP contribution < -0.4 is 10.6 Å². The second-order valence-electron chi connectivity index (χ2n) is 5.44. The highest BCUT2D eigenvalue weighted by molar-refractivity contribution is 5.83. The van der Waals surface area contributed by atoms with Crippen molar-refractivity contribution < 1.29 is 14.7 Å². The number of rotatable bonds is 7.